The number of nitrogens with zero attached hydrogens (tertiary/aromatic N) is 2. The molecule has 1 amide bonds. The van der Waals surface area contributed by atoms with Crippen molar-refractivity contribution in [3.05, 3.63) is 39.8 Å². The van der Waals surface area contributed by atoms with E-state index < -0.39 is 0 Å². The van der Waals surface area contributed by atoms with Crippen molar-refractivity contribution >= 4 is 27.7 Å². The summed E-state index contributed by atoms with van der Waals surface area (Å²) in [7, 11) is 0. The number of aryl methyl sites for hydroxylation is 1. The Morgan fingerprint density at radius 3 is 2.59 bits per heavy atom. The lowest BCUT2D eigenvalue weighted by molar-refractivity contribution is -0.0357. The molecule has 1 aromatic carbocycles. The number of ether oxygens (including phenoxy) is 1. The first-order valence-electron chi connectivity index (χ1n) is 10.5. The zero-order chi connectivity index (χ0) is 20.0. The van der Waals surface area contributed by atoms with Gasteiger partial charge in [-0.15, -0.1) is 0 Å². The van der Waals surface area contributed by atoms with E-state index in [1.54, 1.807) is 0 Å². The number of aromatic amines is 2. The molecule has 1 saturated heterocycles. The monoisotopic (exact) mass is 394 g/mol. The fourth-order valence-electron chi connectivity index (χ4n) is 4.76. The van der Waals surface area contributed by atoms with Crippen LogP contribution in [0.4, 0.5) is 0 Å². The first-order valence-corrected chi connectivity index (χ1v) is 10.5. The number of likely N-dealkylation sites (tertiary alicyclic amines) is 1. The molecule has 152 valence electrons. The number of hydrogen-bond acceptors (Lipinski definition) is 4. The van der Waals surface area contributed by atoms with Crippen LogP contribution in [0.15, 0.2) is 23.1 Å². The molecular weight excluding hydrogens is 368 g/mol. The summed E-state index contributed by atoms with van der Waals surface area (Å²) in [6, 6.07) is 3.75. The standard InChI is InChI=1S/C22H26N4O3/c1-13-10-19-17(20-18(12-23-25-20)21(27)24-19)11-16(13)22(28)26-8-6-15(7-9-26)29-14-4-2-3-5-14/h10-12,14-15H,2-9H2,1H3,(H,23,25)(H,24,27). The highest BCUT2D eigenvalue weighted by molar-refractivity contribution is 6.07. The lowest BCUT2D eigenvalue weighted by Gasteiger charge is -2.33. The van der Waals surface area contributed by atoms with E-state index in [4.69, 9.17) is 4.74 Å². The predicted molar refractivity (Wildman–Crippen MR) is 111 cm³/mol. The van der Waals surface area contributed by atoms with Gasteiger partial charge in [-0.2, -0.15) is 5.10 Å². The Hall–Kier alpha value is -2.67. The van der Waals surface area contributed by atoms with Crippen molar-refractivity contribution < 1.29 is 9.53 Å². The van der Waals surface area contributed by atoms with Gasteiger partial charge < -0.3 is 14.6 Å². The number of carbonyl (C=O) groups excluding carboxylic acids is 1. The Balaban J connectivity index is 1.37. The quantitative estimate of drug-likeness (QED) is 0.713. The number of pyridine rings is 1. The molecular formula is C22H26N4O3. The van der Waals surface area contributed by atoms with Crippen molar-refractivity contribution in [1.29, 1.82) is 0 Å². The van der Waals surface area contributed by atoms with Crippen LogP contribution in [-0.2, 0) is 4.74 Å². The van der Waals surface area contributed by atoms with Crippen LogP contribution in [0.5, 0.6) is 0 Å². The molecule has 0 atom stereocenters. The molecule has 2 aromatic heterocycles. The lowest BCUT2D eigenvalue weighted by Crippen LogP contribution is -2.41. The minimum Gasteiger partial charge on any atom is -0.375 e. The molecule has 2 N–H and O–H groups in total. The van der Waals surface area contributed by atoms with Crippen LogP contribution >= 0.6 is 0 Å². The molecule has 0 bridgehead atoms. The third-order valence-electron chi connectivity index (χ3n) is 6.41. The lowest BCUT2D eigenvalue weighted by atomic mass is 10.0. The summed E-state index contributed by atoms with van der Waals surface area (Å²) in [6.45, 7) is 3.36. The molecule has 1 aliphatic carbocycles. The van der Waals surface area contributed by atoms with Gasteiger partial charge in [-0.3, -0.25) is 14.7 Å². The molecule has 0 radical (unpaired) electrons. The second-order valence-electron chi connectivity index (χ2n) is 8.36. The Labute approximate surface area is 168 Å². The minimum atomic E-state index is -0.177. The van der Waals surface area contributed by atoms with Crippen LogP contribution in [0.1, 0.15) is 54.4 Å². The molecule has 5 rings (SSSR count). The molecule has 29 heavy (non-hydrogen) atoms. The predicted octanol–water partition coefficient (Wildman–Crippen LogP) is 3.28. The molecule has 1 saturated carbocycles. The van der Waals surface area contributed by atoms with Gasteiger partial charge in [0, 0.05) is 24.0 Å². The smallest absolute Gasteiger partial charge is 0.259 e. The fourth-order valence-corrected chi connectivity index (χ4v) is 4.76. The van der Waals surface area contributed by atoms with E-state index in [-0.39, 0.29) is 17.6 Å². The van der Waals surface area contributed by atoms with Gasteiger partial charge in [-0.05, 0) is 50.3 Å². The van der Waals surface area contributed by atoms with Gasteiger partial charge in [-0.25, -0.2) is 0 Å². The maximum absolute atomic E-state index is 13.2. The van der Waals surface area contributed by atoms with E-state index in [1.807, 2.05) is 24.0 Å². The zero-order valence-electron chi connectivity index (χ0n) is 16.7. The molecule has 1 aliphatic heterocycles. The summed E-state index contributed by atoms with van der Waals surface area (Å²) < 4.78 is 6.24. The number of H-pyrrole nitrogens is 2. The molecule has 0 unspecified atom stereocenters. The minimum absolute atomic E-state index is 0.0441. The summed E-state index contributed by atoms with van der Waals surface area (Å²) in [5.74, 6) is 0.0441. The van der Waals surface area contributed by atoms with E-state index in [2.05, 4.69) is 15.2 Å². The molecule has 7 heteroatoms. The topological polar surface area (TPSA) is 91.1 Å². The number of amides is 1. The van der Waals surface area contributed by atoms with E-state index in [1.165, 1.54) is 31.9 Å². The molecule has 2 aliphatic rings. The van der Waals surface area contributed by atoms with Gasteiger partial charge in [-0.1, -0.05) is 12.8 Å². The van der Waals surface area contributed by atoms with Crippen LogP contribution in [0, 0.1) is 6.92 Å². The van der Waals surface area contributed by atoms with Crippen molar-refractivity contribution in [2.24, 2.45) is 0 Å². The fraction of sp³-hybridized carbons (Fsp3) is 0.500. The molecule has 3 heterocycles. The number of fused-ring (bicyclic) bond motifs is 3. The summed E-state index contributed by atoms with van der Waals surface area (Å²) in [5.41, 5.74) is 2.74. The number of rotatable bonds is 3. The van der Waals surface area contributed by atoms with Gasteiger partial charge in [0.15, 0.2) is 0 Å². The van der Waals surface area contributed by atoms with E-state index in [0.29, 0.717) is 28.1 Å². The van der Waals surface area contributed by atoms with E-state index >= 15 is 0 Å². The van der Waals surface area contributed by atoms with E-state index in [9.17, 15) is 9.59 Å². The Bertz CT molecular complexity index is 1120. The summed E-state index contributed by atoms with van der Waals surface area (Å²) in [5, 5.41) is 8.21. The Morgan fingerprint density at radius 2 is 1.83 bits per heavy atom. The van der Waals surface area contributed by atoms with Gasteiger partial charge in [0.2, 0.25) is 0 Å². The van der Waals surface area contributed by atoms with E-state index in [0.717, 1.165) is 36.9 Å². The van der Waals surface area contributed by atoms with Crippen LogP contribution in [0.2, 0.25) is 0 Å². The summed E-state index contributed by atoms with van der Waals surface area (Å²) in [4.78, 5) is 30.2. The second kappa shape index (κ2) is 7.30. The highest BCUT2D eigenvalue weighted by Crippen LogP contribution is 2.27. The average molecular weight is 394 g/mol. The second-order valence-corrected chi connectivity index (χ2v) is 8.36. The number of piperidine rings is 1. The number of benzene rings is 1. The van der Waals surface area contributed by atoms with Crippen molar-refractivity contribution in [2.45, 2.75) is 57.7 Å². The third kappa shape index (κ3) is 3.33. The van der Waals surface area contributed by atoms with Gasteiger partial charge in [0.05, 0.1) is 34.8 Å². The largest absolute Gasteiger partial charge is 0.375 e. The molecule has 7 nitrogen and oxygen atoms in total. The maximum Gasteiger partial charge on any atom is 0.259 e. The molecule has 3 aromatic rings. The number of carbonyl (C=O) groups is 1. The maximum atomic E-state index is 13.2. The first-order chi connectivity index (χ1) is 14.1. The zero-order valence-corrected chi connectivity index (χ0v) is 16.7. The number of aromatic nitrogens is 3. The molecule has 0 spiro atoms. The van der Waals surface area contributed by atoms with Crippen molar-refractivity contribution in [3.63, 3.8) is 0 Å². The summed E-state index contributed by atoms with van der Waals surface area (Å²) in [6.07, 6.45) is 8.91. The average Bonchev–Trinajstić information content (AvgIpc) is 3.40. The number of hydrogen-bond donors (Lipinski definition) is 2. The van der Waals surface area contributed by atoms with Gasteiger partial charge in [0.25, 0.3) is 11.5 Å². The SMILES string of the molecule is Cc1cc2[nH]c(=O)c3cn[nH]c3c2cc1C(=O)N1CCC(OC2CCCC2)CC1. The van der Waals surface area contributed by atoms with Crippen molar-refractivity contribution in [2.75, 3.05) is 13.1 Å². The van der Waals surface area contributed by atoms with Crippen LogP contribution in [0.3, 0.4) is 0 Å². The highest BCUT2D eigenvalue weighted by atomic mass is 16.5. The van der Waals surface area contributed by atoms with Crippen LogP contribution in [0.25, 0.3) is 21.8 Å². The van der Waals surface area contributed by atoms with Gasteiger partial charge >= 0.3 is 0 Å². The Kier molecular flexibility index (Phi) is 4.62. The third-order valence-corrected chi connectivity index (χ3v) is 6.41. The van der Waals surface area contributed by atoms with Crippen molar-refractivity contribution in [3.8, 4) is 0 Å². The van der Waals surface area contributed by atoms with Crippen molar-refractivity contribution in [1.82, 2.24) is 20.1 Å². The van der Waals surface area contributed by atoms with Crippen LogP contribution < -0.4 is 5.56 Å². The first kappa shape index (κ1) is 18.4. The molecule has 2 fully saturated rings. The normalized spacial score (nSPS) is 18.9. The number of nitrogens with one attached hydrogen (secondary N) is 2. The Morgan fingerprint density at radius 1 is 1.10 bits per heavy atom. The summed E-state index contributed by atoms with van der Waals surface area (Å²) >= 11 is 0. The van der Waals surface area contributed by atoms with Gasteiger partial charge in [0.1, 0.15) is 0 Å². The van der Waals surface area contributed by atoms with Crippen LogP contribution in [-0.4, -0.2) is 51.3 Å². The highest BCUT2D eigenvalue weighted by Gasteiger charge is 2.28.